The predicted octanol–water partition coefficient (Wildman–Crippen LogP) is 0.853. The van der Waals surface area contributed by atoms with E-state index in [-0.39, 0.29) is 5.25 Å². The number of amides is 1. The van der Waals surface area contributed by atoms with Gasteiger partial charge in [0.2, 0.25) is 5.16 Å². The van der Waals surface area contributed by atoms with Gasteiger partial charge in [0.25, 0.3) is 0 Å². The summed E-state index contributed by atoms with van der Waals surface area (Å²) in [6.45, 7) is 5.72. The molecule has 0 N–H and O–H groups in total. The molecule has 128 valence electrons. The molecule has 1 aliphatic heterocycles. The Morgan fingerprint density at radius 2 is 2.04 bits per heavy atom. The normalized spacial score (nSPS) is 21.3. The summed E-state index contributed by atoms with van der Waals surface area (Å²) in [5, 5.41) is 11.9. The third-order valence-electron chi connectivity index (χ3n) is 3.22. The lowest BCUT2D eigenvalue weighted by atomic mass is 10.2. The quantitative estimate of drug-likeness (QED) is 0.745. The van der Waals surface area contributed by atoms with Crippen LogP contribution in [0.15, 0.2) is 5.16 Å². The molecule has 1 aromatic rings. The summed E-state index contributed by atoms with van der Waals surface area (Å²) in [4.78, 5) is 25.7. The van der Waals surface area contributed by atoms with E-state index in [2.05, 4.69) is 15.5 Å². The van der Waals surface area contributed by atoms with E-state index < -0.39 is 23.7 Å². The van der Waals surface area contributed by atoms with Gasteiger partial charge in [-0.05, 0) is 37.6 Å². The minimum atomic E-state index is -0.659. The van der Waals surface area contributed by atoms with Gasteiger partial charge in [-0.2, -0.15) is 0 Å². The summed E-state index contributed by atoms with van der Waals surface area (Å²) >= 11 is 1.42. The number of tetrazole rings is 1. The number of carbonyl (C=O) groups is 2. The Labute approximate surface area is 138 Å². The van der Waals surface area contributed by atoms with Gasteiger partial charge in [0, 0.05) is 18.8 Å². The van der Waals surface area contributed by atoms with E-state index in [0.29, 0.717) is 18.1 Å². The number of aryl methyl sites for hydroxylation is 1. The predicted molar refractivity (Wildman–Crippen MR) is 81.8 cm³/mol. The van der Waals surface area contributed by atoms with Crippen molar-refractivity contribution in [2.24, 2.45) is 7.05 Å². The fourth-order valence-corrected chi connectivity index (χ4v) is 3.32. The van der Waals surface area contributed by atoms with Crippen LogP contribution in [0.4, 0.5) is 4.79 Å². The van der Waals surface area contributed by atoms with Gasteiger partial charge in [0.15, 0.2) is 0 Å². The van der Waals surface area contributed by atoms with Crippen molar-refractivity contribution in [2.75, 3.05) is 13.7 Å². The van der Waals surface area contributed by atoms with Crippen molar-refractivity contribution in [3.05, 3.63) is 0 Å². The second kappa shape index (κ2) is 6.73. The molecule has 0 aromatic carbocycles. The monoisotopic (exact) mass is 343 g/mol. The molecule has 0 bridgehead atoms. The van der Waals surface area contributed by atoms with Crippen LogP contribution in [0.3, 0.4) is 0 Å². The molecule has 1 saturated heterocycles. The molecule has 9 nitrogen and oxygen atoms in total. The van der Waals surface area contributed by atoms with E-state index in [1.165, 1.54) is 23.8 Å². The van der Waals surface area contributed by atoms with Crippen molar-refractivity contribution < 1.29 is 19.1 Å². The van der Waals surface area contributed by atoms with Crippen LogP contribution in [0, 0.1) is 0 Å². The molecule has 23 heavy (non-hydrogen) atoms. The largest absolute Gasteiger partial charge is 0.467 e. The van der Waals surface area contributed by atoms with E-state index in [4.69, 9.17) is 9.47 Å². The summed E-state index contributed by atoms with van der Waals surface area (Å²) in [5.74, 6) is -0.449. The highest BCUT2D eigenvalue weighted by Gasteiger charge is 2.43. The number of hydrogen-bond donors (Lipinski definition) is 0. The number of aromatic nitrogens is 4. The number of nitrogens with zero attached hydrogens (tertiary/aromatic N) is 5. The van der Waals surface area contributed by atoms with Gasteiger partial charge in [-0.15, -0.1) is 5.10 Å². The van der Waals surface area contributed by atoms with Crippen LogP contribution in [-0.2, 0) is 21.3 Å². The molecule has 2 heterocycles. The van der Waals surface area contributed by atoms with Gasteiger partial charge >= 0.3 is 12.1 Å². The van der Waals surface area contributed by atoms with Crippen LogP contribution < -0.4 is 0 Å². The maximum absolute atomic E-state index is 12.3. The van der Waals surface area contributed by atoms with Crippen molar-refractivity contribution in [2.45, 2.75) is 49.2 Å². The van der Waals surface area contributed by atoms with Crippen molar-refractivity contribution in [1.29, 1.82) is 0 Å². The Morgan fingerprint density at radius 1 is 1.35 bits per heavy atom. The van der Waals surface area contributed by atoms with Gasteiger partial charge in [-0.25, -0.2) is 14.3 Å². The number of methoxy groups -OCH3 is 1. The standard InChI is InChI=1S/C13H21N5O4S/c1-13(2,3)22-12(20)18-7-8(6-9(18)10(19)21-5)23-11-14-15-16-17(11)4/h8-9H,6-7H2,1-5H3. The van der Waals surface area contributed by atoms with Crippen LogP contribution in [0.25, 0.3) is 0 Å². The first-order chi connectivity index (χ1) is 10.7. The van der Waals surface area contributed by atoms with Crippen molar-refractivity contribution >= 4 is 23.8 Å². The smallest absolute Gasteiger partial charge is 0.411 e. The first-order valence-corrected chi connectivity index (χ1v) is 8.05. The molecule has 2 rings (SSSR count). The highest BCUT2D eigenvalue weighted by molar-refractivity contribution is 7.99. The van der Waals surface area contributed by atoms with E-state index in [9.17, 15) is 9.59 Å². The highest BCUT2D eigenvalue weighted by Crippen LogP contribution is 2.32. The third-order valence-corrected chi connectivity index (χ3v) is 4.45. The lowest BCUT2D eigenvalue weighted by Crippen LogP contribution is -2.43. The number of carbonyl (C=O) groups excluding carboxylic acids is 2. The van der Waals surface area contributed by atoms with E-state index in [1.807, 2.05) is 0 Å². The first kappa shape index (κ1) is 17.5. The number of ether oxygens (including phenoxy) is 2. The summed E-state index contributed by atoms with van der Waals surface area (Å²) in [6.07, 6.45) is -0.0595. The average molecular weight is 343 g/mol. The molecule has 0 aliphatic carbocycles. The Morgan fingerprint density at radius 3 is 2.57 bits per heavy atom. The number of hydrogen-bond acceptors (Lipinski definition) is 8. The third kappa shape index (κ3) is 4.34. The molecule has 2 unspecified atom stereocenters. The zero-order valence-electron chi connectivity index (χ0n) is 13.8. The summed E-state index contributed by atoms with van der Waals surface area (Å²) in [5.41, 5.74) is -0.628. The molecule has 0 saturated carbocycles. The average Bonchev–Trinajstić information content (AvgIpc) is 3.04. The molecule has 0 radical (unpaired) electrons. The van der Waals surface area contributed by atoms with Crippen LogP contribution in [0.2, 0.25) is 0 Å². The molecule has 2 atom stereocenters. The van der Waals surface area contributed by atoms with Crippen molar-refractivity contribution in [3.8, 4) is 0 Å². The maximum atomic E-state index is 12.3. The lowest BCUT2D eigenvalue weighted by molar-refractivity contribution is -0.145. The fraction of sp³-hybridized carbons (Fsp3) is 0.769. The Bertz CT molecular complexity index is 585. The molecule has 1 aliphatic rings. The summed E-state index contributed by atoms with van der Waals surface area (Å²) < 4.78 is 11.7. The van der Waals surface area contributed by atoms with E-state index >= 15 is 0 Å². The second-order valence-corrected chi connectivity index (χ2v) is 7.50. The van der Waals surface area contributed by atoms with E-state index in [1.54, 1.807) is 32.5 Å². The van der Waals surface area contributed by atoms with Gasteiger partial charge < -0.3 is 9.47 Å². The van der Waals surface area contributed by atoms with Crippen LogP contribution in [0.5, 0.6) is 0 Å². The molecule has 0 spiro atoms. The second-order valence-electron chi connectivity index (χ2n) is 6.23. The Balaban J connectivity index is 2.11. The Hall–Kier alpha value is -1.84. The van der Waals surface area contributed by atoms with Crippen molar-refractivity contribution in [1.82, 2.24) is 25.1 Å². The van der Waals surface area contributed by atoms with Gasteiger partial charge in [0.1, 0.15) is 11.6 Å². The fourth-order valence-electron chi connectivity index (χ4n) is 2.23. The molecule has 1 aromatic heterocycles. The molecular formula is C13H21N5O4S. The lowest BCUT2D eigenvalue weighted by Gasteiger charge is -2.27. The van der Waals surface area contributed by atoms with Crippen LogP contribution in [-0.4, -0.2) is 67.7 Å². The Kier molecular flexibility index (Phi) is 5.12. The van der Waals surface area contributed by atoms with E-state index in [0.717, 1.165) is 0 Å². The number of thioether (sulfide) groups is 1. The van der Waals surface area contributed by atoms with Crippen LogP contribution in [0.1, 0.15) is 27.2 Å². The molecule has 1 amide bonds. The highest BCUT2D eigenvalue weighted by atomic mass is 32.2. The maximum Gasteiger partial charge on any atom is 0.411 e. The molecular weight excluding hydrogens is 322 g/mol. The SMILES string of the molecule is COC(=O)C1CC(Sc2nnnn2C)CN1C(=O)OC(C)(C)C. The number of rotatable bonds is 3. The van der Waals surface area contributed by atoms with Crippen molar-refractivity contribution in [3.63, 3.8) is 0 Å². The molecule has 1 fully saturated rings. The first-order valence-electron chi connectivity index (χ1n) is 7.17. The zero-order valence-corrected chi connectivity index (χ0v) is 14.7. The van der Waals surface area contributed by atoms with Gasteiger partial charge in [0.05, 0.1) is 7.11 Å². The minimum Gasteiger partial charge on any atom is -0.467 e. The summed E-state index contributed by atoms with van der Waals surface area (Å²) in [7, 11) is 3.05. The minimum absolute atomic E-state index is 0.0173. The molecule has 10 heteroatoms. The zero-order chi connectivity index (χ0) is 17.2. The van der Waals surface area contributed by atoms with Gasteiger partial charge in [-0.1, -0.05) is 11.8 Å². The number of likely N-dealkylation sites (tertiary alicyclic amines) is 1. The van der Waals surface area contributed by atoms with Gasteiger partial charge in [-0.3, -0.25) is 4.90 Å². The number of esters is 1. The topological polar surface area (TPSA) is 99.4 Å². The van der Waals surface area contributed by atoms with Crippen LogP contribution >= 0.6 is 11.8 Å². The summed E-state index contributed by atoms with van der Waals surface area (Å²) in [6, 6.07) is -0.659.